The smallest absolute Gasteiger partial charge is 0.336 e. The number of aryl methyl sites for hydroxylation is 2. The van der Waals surface area contributed by atoms with Crippen molar-refractivity contribution >= 4 is 28.7 Å². The minimum Gasteiger partial charge on any atom is -0.507 e. The van der Waals surface area contributed by atoms with E-state index >= 15 is 0 Å². The lowest BCUT2D eigenvalue weighted by Gasteiger charge is -2.31. The number of thioether (sulfide) groups is 1. The van der Waals surface area contributed by atoms with Gasteiger partial charge in [-0.15, -0.1) is 11.8 Å². The summed E-state index contributed by atoms with van der Waals surface area (Å²) in [5.74, 6) is 0.731. The maximum atomic E-state index is 11.9. The van der Waals surface area contributed by atoms with Crippen molar-refractivity contribution in [3.8, 4) is 5.75 Å². The number of phenolic OH excluding ortho intramolecular Hbond substituents is 1. The van der Waals surface area contributed by atoms with Crippen LogP contribution in [0.5, 0.6) is 5.75 Å². The number of hydrogen-bond donors (Lipinski definition) is 1. The fourth-order valence-corrected chi connectivity index (χ4v) is 4.52. The first-order valence-electron chi connectivity index (χ1n) is 8.64. The highest BCUT2D eigenvalue weighted by molar-refractivity contribution is 8.00. The zero-order valence-corrected chi connectivity index (χ0v) is 16.0. The third-order valence-electron chi connectivity index (χ3n) is 4.77. The summed E-state index contributed by atoms with van der Waals surface area (Å²) in [5, 5.41) is 11.3. The molecule has 1 aliphatic rings. The lowest BCUT2D eigenvalue weighted by Crippen LogP contribution is -2.41. The van der Waals surface area contributed by atoms with Crippen LogP contribution in [0.1, 0.15) is 23.6 Å². The highest BCUT2D eigenvalue weighted by Gasteiger charge is 2.28. The third-order valence-corrected chi connectivity index (χ3v) is 5.93. The van der Waals surface area contributed by atoms with Crippen molar-refractivity contribution in [3.63, 3.8) is 0 Å². The molecule has 1 saturated heterocycles. The Hall–Kier alpha value is -1.99. The first-order chi connectivity index (χ1) is 12.4. The largest absolute Gasteiger partial charge is 0.507 e. The number of carbonyl (C=O) groups excluding carboxylic acids is 1. The van der Waals surface area contributed by atoms with Crippen LogP contribution >= 0.6 is 11.8 Å². The molecule has 0 saturated carbocycles. The fourth-order valence-electron chi connectivity index (χ4n) is 3.33. The van der Waals surface area contributed by atoms with Crippen molar-refractivity contribution in [1.82, 2.24) is 4.90 Å². The Morgan fingerprint density at radius 2 is 2.23 bits per heavy atom. The summed E-state index contributed by atoms with van der Waals surface area (Å²) in [6.07, 6.45) is 0.675. The molecule has 140 valence electrons. The fraction of sp³-hybridized carbons (Fsp3) is 0.474. The normalized spacial score (nSPS) is 18.2. The molecule has 1 aromatic carbocycles. The van der Waals surface area contributed by atoms with Crippen molar-refractivity contribution in [1.29, 1.82) is 0 Å². The van der Waals surface area contributed by atoms with Crippen molar-refractivity contribution in [2.75, 3.05) is 26.0 Å². The quantitative estimate of drug-likeness (QED) is 0.647. The van der Waals surface area contributed by atoms with Gasteiger partial charge in [0.1, 0.15) is 16.6 Å². The molecule has 0 radical (unpaired) electrons. The second-order valence-electron chi connectivity index (χ2n) is 6.46. The van der Waals surface area contributed by atoms with E-state index in [0.29, 0.717) is 30.7 Å². The minimum absolute atomic E-state index is 0.168. The number of rotatable bonds is 4. The zero-order chi connectivity index (χ0) is 18.8. The molecule has 0 amide bonds. The van der Waals surface area contributed by atoms with Crippen LogP contribution in [0.2, 0.25) is 0 Å². The lowest BCUT2D eigenvalue weighted by molar-refractivity contribution is -0.140. The molecular weight excluding hydrogens is 354 g/mol. The first kappa shape index (κ1) is 18.8. The molecule has 1 aliphatic heterocycles. The van der Waals surface area contributed by atoms with Crippen molar-refractivity contribution in [2.24, 2.45) is 0 Å². The Morgan fingerprint density at radius 1 is 1.46 bits per heavy atom. The number of methoxy groups -OCH3 is 1. The number of fused-ring (bicyclic) bond motifs is 1. The standard InChI is InChI=1S/C19H23NO5S/c1-4-12-8-13-11(2)7-16(21)25-18(13)14(17(12)22)9-20-5-6-26-15(10-20)19(23)24-3/h7-8,15,22H,4-6,9-10H2,1-3H3/t15-/m0/s1. The summed E-state index contributed by atoms with van der Waals surface area (Å²) in [7, 11) is 1.39. The summed E-state index contributed by atoms with van der Waals surface area (Å²) in [5.41, 5.74) is 2.25. The van der Waals surface area contributed by atoms with Gasteiger partial charge >= 0.3 is 11.6 Å². The molecule has 7 heteroatoms. The summed E-state index contributed by atoms with van der Waals surface area (Å²) < 4.78 is 10.3. The van der Waals surface area contributed by atoms with E-state index in [0.717, 1.165) is 28.8 Å². The monoisotopic (exact) mass is 377 g/mol. The Labute approximate surface area is 156 Å². The molecule has 1 fully saturated rings. The predicted octanol–water partition coefficient (Wildman–Crippen LogP) is 2.46. The summed E-state index contributed by atoms with van der Waals surface area (Å²) in [4.78, 5) is 25.8. The molecule has 0 spiro atoms. The number of ether oxygens (including phenoxy) is 1. The SMILES string of the molecule is CCc1cc2c(C)cc(=O)oc2c(CN2CCS[C@H](C(=O)OC)C2)c1O. The Kier molecular flexibility index (Phi) is 5.58. The molecule has 6 nitrogen and oxygen atoms in total. The summed E-state index contributed by atoms with van der Waals surface area (Å²) in [6.45, 7) is 5.57. The second kappa shape index (κ2) is 7.72. The van der Waals surface area contributed by atoms with Gasteiger partial charge in [0.15, 0.2) is 0 Å². The van der Waals surface area contributed by atoms with Gasteiger partial charge in [-0.1, -0.05) is 6.92 Å². The average Bonchev–Trinajstić information content (AvgIpc) is 2.63. The third kappa shape index (κ3) is 3.59. The van der Waals surface area contributed by atoms with Gasteiger partial charge in [-0.25, -0.2) is 4.79 Å². The van der Waals surface area contributed by atoms with Crippen molar-refractivity contribution in [2.45, 2.75) is 32.1 Å². The van der Waals surface area contributed by atoms with Gasteiger partial charge in [0.2, 0.25) is 0 Å². The molecule has 1 N–H and O–H groups in total. The Balaban J connectivity index is 2.02. The van der Waals surface area contributed by atoms with Crippen LogP contribution in [0.25, 0.3) is 11.0 Å². The van der Waals surface area contributed by atoms with E-state index in [1.807, 2.05) is 19.9 Å². The second-order valence-corrected chi connectivity index (χ2v) is 7.77. The lowest BCUT2D eigenvalue weighted by atomic mass is 9.99. The van der Waals surface area contributed by atoms with Crippen LogP contribution in [0.4, 0.5) is 0 Å². The number of benzene rings is 1. The van der Waals surface area contributed by atoms with Crippen LogP contribution < -0.4 is 5.63 Å². The van der Waals surface area contributed by atoms with Gasteiger partial charge in [-0.2, -0.15) is 0 Å². The molecular formula is C19H23NO5S. The average molecular weight is 377 g/mol. The van der Waals surface area contributed by atoms with E-state index < -0.39 is 5.63 Å². The Morgan fingerprint density at radius 3 is 2.92 bits per heavy atom. The van der Waals surface area contributed by atoms with E-state index in [4.69, 9.17) is 9.15 Å². The minimum atomic E-state index is -0.429. The molecule has 1 atom stereocenters. The van der Waals surface area contributed by atoms with Crippen molar-refractivity contribution < 1.29 is 19.1 Å². The van der Waals surface area contributed by atoms with Crippen LogP contribution in [-0.2, 0) is 22.5 Å². The number of aromatic hydroxyl groups is 1. The van der Waals surface area contributed by atoms with E-state index in [9.17, 15) is 14.7 Å². The maximum Gasteiger partial charge on any atom is 0.336 e. The van der Waals surface area contributed by atoms with Crippen LogP contribution in [-0.4, -0.2) is 47.2 Å². The van der Waals surface area contributed by atoms with Gasteiger partial charge in [-0.05, 0) is 30.5 Å². The van der Waals surface area contributed by atoms with E-state index in [1.54, 1.807) is 11.8 Å². The molecule has 0 bridgehead atoms. The summed E-state index contributed by atoms with van der Waals surface area (Å²) in [6, 6.07) is 3.35. The van der Waals surface area contributed by atoms with E-state index in [1.165, 1.54) is 13.2 Å². The van der Waals surface area contributed by atoms with E-state index in [2.05, 4.69) is 4.90 Å². The molecule has 26 heavy (non-hydrogen) atoms. The Bertz CT molecular complexity index is 892. The highest BCUT2D eigenvalue weighted by Crippen LogP contribution is 2.34. The molecule has 1 aromatic heterocycles. The maximum absolute atomic E-state index is 11.9. The number of carbonyl (C=O) groups is 1. The van der Waals surface area contributed by atoms with E-state index in [-0.39, 0.29) is 17.0 Å². The van der Waals surface area contributed by atoms with Gasteiger partial charge in [-0.3, -0.25) is 9.69 Å². The molecule has 2 heterocycles. The number of phenols is 1. The molecule has 0 aliphatic carbocycles. The van der Waals surface area contributed by atoms with Crippen LogP contribution in [0.15, 0.2) is 21.3 Å². The van der Waals surface area contributed by atoms with Gasteiger partial charge in [0, 0.05) is 36.8 Å². The van der Waals surface area contributed by atoms with Gasteiger partial charge < -0.3 is 14.3 Å². The van der Waals surface area contributed by atoms with Crippen LogP contribution in [0.3, 0.4) is 0 Å². The number of esters is 1. The van der Waals surface area contributed by atoms with Crippen LogP contribution in [0, 0.1) is 6.92 Å². The molecule has 0 unspecified atom stereocenters. The highest BCUT2D eigenvalue weighted by atomic mass is 32.2. The topological polar surface area (TPSA) is 80.0 Å². The first-order valence-corrected chi connectivity index (χ1v) is 9.69. The van der Waals surface area contributed by atoms with Gasteiger partial charge in [0.25, 0.3) is 0 Å². The van der Waals surface area contributed by atoms with Gasteiger partial charge in [0.05, 0.1) is 12.7 Å². The molecule has 3 rings (SSSR count). The zero-order valence-electron chi connectivity index (χ0n) is 15.2. The van der Waals surface area contributed by atoms with Crippen molar-refractivity contribution in [3.05, 3.63) is 39.2 Å². The predicted molar refractivity (Wildman–Crippen MR) is 102 cm³/mol. The number of nitrogens with zero attached hydrogens (tertiary/aromatic N) is 1. The summed E-state index contributed by atoms with van der Waals surface area (Å²) >= 11 is 1.58. The molecule has 2 aromatic rings. The number of hydrogen-bond acceptors (Lipinski definition) is 7.